The van der Waals surface area contributed by atoms with Gasteiger partial charge in [0, 0.05) is 19.6 Å². The fourth-order valence-electron chi connectivity index (χ4n) is 2.41. The summed E-state index contributed by atoms with van der Waals surface area (Å²) in [6.45, 7) is 2.10. The van der Waals surface area contributed by atoms with Crippen molar-refractivity contribution in [2.24, 2.45) is 5.73 Å². The van der Waals surface area contributed by atoms with Crippen molar-refractivity contribution in [1.29, 1.82) is 0 Å². The number of ether oxygens (including phenoxy) is 1. The largest absolute Gasteiger partial charge is 0.468 e. The molecule has 2 N–H and O–H groups in total. The number of piperidine rings is 1. The number of halogens is 3. The first-order valence-corrected chi connectivity index (χ1v) is 6.37. The summed E-state index contributed by atoms with van der Waals surface area (Å²) in [6, 6.07) is 6.57. The summed E-state index contributed by atoms with van der Waals surface area (Å²) in [4.78, 5) is 13.8. The van der Waals surface area contributed by atoms with E-state index in [-0.39, 0.29) is 36.6 Å². The van der Waals surface area contributed by atoms with Gasteiger partial charge in [-0.3, -0.25) is 9.69 Å². The maximum absolute atomic E-state index is 13.1. The number of nitrogens with two attached hydrogens (primary N) is 1. The van der Waals surface area contributed by atoms with Crippen molar-refractivity contribution in [3.63, 3.8) is 0 Å². The Morgan fingerprint density at radius 2 is 2.00 bits per heavy atom. The van der Waals surface area contributed by atoms with Crippen molar-refractivity contribution in [2.75, 3.05) is 20.2 Å². The van der Waals surface area contributed by atoms with E-state index in [0.29, 0.717) is 32.5 Å². The standard InChI is InChI=1S/C14H19FN2O2.2ClH/c1-19-13(18)14(16)5-7-17(8-6-14)10-11-3-2-4-12(15)9-11;;/h2-4,9H,5-8,10,16H2,1H3;2*1H. The van der Waals surface area contributed by atoms with Crippen LogP contribution in [0.4, 0.5) is 4.39 Å². The Labute approximate surface area is 136 Å². The molecule has 1 aliphatic rings. The normalized spacial score (nSPS) is 17.3. The zero-order valence-corrected chi connectivity index (χ0v) is 13.5. The molecule has 0 atom stereocenters. The van der Waals surface area contributed by atoms with E-state index in [2.05, 4.69) is 4.90 Å². The zero-order chi connectivity index (χ0) is 13.9. The number of likely N-dealkylation sites (tertiary alicyclic amines) is 1. The Morgan fingerprint density at radius 3 is 2.52 bits per heavy atom. The minimum atomic E-state index is -0.868. The molecule has 0 saturated carbocycles. The van der Waals surface area contributed by atoms with Crippen LogP contribution >= 0.6 is 24.8 Å². The number of rotatable bonds is 3. The smallest absolute Gasteiger partial charge is 0.325 e. The van der Waals surface area contributed by atoms with Gasteiger partial charge in [-0.25, -0.2) is 4.39 Å². The Hall–Kier alpha value is -0.880. The van der Waals surface area contributed by atoms with Crippen LogP contribution in [0.15, 0.2) is 24.3 Å². The van der Waals surface area contributed by atoms with Gasteiger partial charge >= 0.3 is 5.97 Å². The molecule has 21 heavy (non-hydrogen) atoms. The number of carbonyl (C=O) groups excluding carboxylic acids is 1. The van der Waals surface area contributed by atoms with Crippen LogP contribution in [0.5, 0.6) is 0 Å². The summed E-state index contributed by atoms with van der Waals surface area (Å²) < 4.78 is 17.8. The van der Waals surface area contributed by atoms with Crippen molar-refractivity contribution in [3.05, 3.63) is 35.6 Å². The molecule has 2 rings (SSSR count). The average Bonchev–Trinajstić information content (AvgIpc) is 2.41. The molecule has 1 aromatic rings. The molecule has 0 unspecified atom stereocenters. The Bertz CT molecular complexity index is 466. The van der Waals surface area contributed by atoms with Gasteiger partial charge < -0.3 is 10.5 Å². The van der Waals surface area contributed by atoms with Crippen LogP contribution in [0.1, 0.15) is 18.4 Å². The fraction of sp³-hybridized carbons (Fsp3) is 0.500. The molecule has 0 radical (unpaired) electrons. The van der Waals surface area contributed by atoms with Crippen molar-refractivity contribution in [2.45, 2.75) is 24.9 Å². The van der Waals surface area contributed by atoms with E-state index in [0.717, 1.165) is 5.56 Å². The van der Waals surface area contributed by atoms with Gasteiger partial charge in [0.2, 0.25) is 0 Å². The molecule has 0 amide bonds. The van der Waals surface area contributed by atoms with Gasteiger partial charge in [-0.1, -0.05) is 12.1 Å². The van der Waals surface area contributed by atoms with Crippen LogP contribution in [0.2, 0.25) is 0 Å². The Morgan fingerprint density at radius 1 is 1.38 bits per heavy atom. The third-order valence-electron chi connectivity index (χ3n) is 3.64. The minimum absolute atomic E-state index is 0. The molecule has 0 bridgehead atoms. The van der Waals surface area contributed by atoms with E-state index in [4.69, 9.17) is 10.5 Å². The SMILES string of the molecule is COC(=O)C1(N)CCN(Cc2cccc(F)c2)CC1.Cl.Cl. The fourth-order valence-corrected chi connectivity index (χ4v) is 2.41. The van der Waals surface area contributed by atoms with E-state index >= 15 is 0 Å². The molecule has 0 spiro atoms. The number of benzene rings is 1. The quantitative estimate of drug-likeness (QED) is 0.858. The molecule has 1 saturated heterocycles. The highest BCUT2D eigenvalue weighted by Crippen LogP contribution is 2.22. The third-order valence-corrected chi connectivity index (χ3v) is 3.64. The highest BCUT2D eigenvalue weighted by Gasteiger charge is 2.38. The van der Waals surface area contributed by atoms with Crippen molar-refractivity contribution in [3.8, 4) is 0 Å². The lowest BCUT2D eigenvalue weighted by atomic mass is 9.88. The number of nitrogens with zero attached hydrogens (tertiary/aromatic N) is 1. The van der Waals surface area contributed by atoms with E-state index in [1.54, 1.807) is 6.07 Å². The van der Waals surface area contributed by atoms with E-state index < -0.39 is 5.54 Å². The number of carbonyl (C=O) groups is 1. The predicted octanol–water partition coefficient (Wildman–Crippen LogP) is 2.14. The molecule has 1 heterocycles. The topological polar surface area (TPSA) is 55.6 Å². The van der Waals surface area contributed by atoms with E-state index in [9.17, 15) is 9.18 Å². The highest BCUT2D eigenvalue weighted by atomic mass is 35.5. The summed E-state index contributed by atoms with van der Waals surface area (Å²) >= 11 is 0. The first-order valence-electron chi connectivity index (χ1n) is 6.37. The monoisotopic (exact) mass is 338 g/mol. The summed E-state index contributed by atoms with van der Waals surface area (Å²) in [5.74, 6) is -0.574. The lowest BCUT2D eigenvalue weighted by Gasteiger charge is -2.37. The van der Waals surface area contributed by atoms with Gasteiger partial charge in [-0.05, 0) is 30.5 Å². The van der Waals surface area contributed by atoms with E-state index in [1.165, 1.54) is 19.2 Å². The molecule has 1 aromatic carbocycles. The molecule has 1 aliphatic heterocycles. The van der Waals surface area contributed by atoms with Gasteiger partial charge in [-0.2, -0.15) is 0 Å². The maximum Gasteiger partial charge on any atom is 0.325 e. The molecular weight excluding hydrogens is 318 g/mol. The number of esters is 1. The Balaban J connectivity index is 0.00000200. The number of hydrogen-bond acceptors (Lipinski definition) is 4. The molecule has 4 nitrogen and oxygen atoms in total. The molecular formula is C14H21Cl2FN2O2. The highest BCUT2D eigenvalue weighted by molar-refractivity contribution is 5.85. The molecule has 7 heteroatoms. The van der Waals surface area contributed by atoms with Crippen LogP contribution in [0, 0.1) is 5.82 Å². The lowest BCUT2D eigenvalue weighted by molar-refractivity contribution is -0.149. The summed E-state index contributed by atoms with van der Waals surface area (Å²) in [5, 5.41) is 0. The first-order chi connectivity index (χ1) is 9.03. The van der Waals surface area contributed by atoms with Crippen molar-refractivity contribution < 1.29 is 13.9 Å². The Kier molecular flexibility index (Phi) is 8.18. The number of hydrogen-bond donors (Lipinski definition) is 1. The molecule has 120 valence electrons. The van der Waals surface area contributed by atoms with E-state index in [1.807, 2.05) is 6.07 Å². The lowest BCUT2D eigenvalue weighted by Crippen LogP contribution is -2.55. The second kappa shape index (κ2) is 8.54. The summed E-state index contributed by atoms with van der Waals surface area (Å²) in [5.41, 5.74) is 6.10. The van der Waals surface area contributed by atoms with Crippen LogP contribution in [0.3, 0.4) is 0 Å². The van der Waals surface area contributed by atoms with Gasteiger partial charge in [0.1, 0.15) is 11.4 Å². The average molecular weight is 339 g/mol. The van der Waals surface area contributed by atoms with Gasteiger partial charge in [-0.15, -0.1) is 24.8 Å². The first kappa shape index (κ1) is 20.1. The van der Waals surface area contributed by atoms with Crippen molar-refractivity contribution in [1.82, 2.24) is 4.90 Å². The zero-order valence-electron chi connectivity index (χ0n) is 11.9. The van der Waals surface area contributed by atoms with Crippen LogP contribution in [0.25, 0.3) is 0 Å². The molecule has 1 fully saturated rings. The maximum atomic E-state index is 13.1. The minimum Gasteiger partial charge on any atom is -0.468 e. The van der Waals surface area contributed by atoms with Crippen LogP contribution in [-0.2, 0) is 16.1 Å². The van der Waals surface area contributed by atoms with Gasteiger partial charge in [0.25, 0.3) is 0 Å². The predicted molar refractivity (Wildman–Crippen MR) is 84.3 cm³/mol. The summed E-state index contributed by atoms with van der Waals surface area (Å²) in [7, 11) is 1.36. The number of methoxy groups -OCH3 is 1. The van der Waals surface area contributed by atoms with Crippen LogP contribution in [-0.4, -0.2) is 36.6 Å². The second-order valence-corrected chi connectivity index (χ2v) is 5.05. The van der Waals surface area contributed by atoms with Gasteiger partial charge in [0.15, 0.2) is 0 Å². The summed E-state index contributed by atoms with van der Waals surface area (Å²) in [6.07, 6.45) is 1.13. The molecule has 0 aliphatic carbocycles. The second-order valence-electron chi connectivity index (χ2n) is 5.05. The molecule has 0 aromatic heterocycles. The van der Waals surface area contributed by atoms with Crippen LogP contribution < -0.4 is 5.73 Å². The third kappa shape index (κ3) is 5.11. The van der Waals surface area contributed by atoms with Gasteiger partial charge in [0.05, 0.1) is 7.11 Å². The van der Waals surface area contributed by atoms with Crippen molar-refractivity contribution >= 4 is 30.8 Å².